The predicted molar refractivity (Wildman–Crippen MR) is 223 cm³/mol. The molecule has 3 N–H and O–H groups in total. The molecule has 12 nitrogen and oxygen atoms in total. The molecule has 0 radical (unpaired) electrons. The van der Waals surface area contributed by atoms with Crippen molar-refractivity contribution in [2.45, 2.75) is 96.1 Å². The topological polar surface area (TPSA) is 140 Å². The predicted octanol–water partition coefficient (Wildman–Crippen LogP) is 6.69. The number of carbonyl (C=O) groups is 2. The van der Waals surface area contributed by atoms with Crippen LogP contribution in [0, 0.1) is 19.3 Å². The van der Waals surface area contributed by atoms with Crippen molar-refractivity contribution >= 4 is 30.0 Å². The van der Waals surface area contributed by atoms with Gasteiger partial charge in [-0.3, -0.25) is 19.5 Å². The van der Waals surface area contributed by atoms with Gasteiger partial charge in [0.25, 0.3) is 12.4 Å². The molecule has 2 atom stereocenters. The third-order valence-corrected chi connectivity index (χ3v) is 13.5. The van der Waals surface area contributed by atoms with Gasteiger partial charge in [-0.1, -0.05) is 30.3 Å². The van der Waals surface area contributed by atoms with Crippen molar-refractivity contribution in [1.82, 2.24) is 24.8 Å². The number of benzene rings is 2. The lowest BCUT2D eigenvalue weighted by Crippen LogP contribution is -2.46. The lowest BCUT2D eigenvalue weighted by atomic mass is 9.81. The number of carbonyl (C=O) groups excluding carboxylic acids is 2. The number of nitrogens with zero attached hydrogens (tertiary/aromatic N) is 4. The summed E-state index contributed by atoms with van der Waals surface area (Å²) in [6.45, 7) is 8.44. The van der Waals surface area contributed by atoms with Crippen LogP contribution < -0.4 is 15.4 Å². The average Bonchev–Trinajstić information content (AvgIpc) is 3.90. The van der Waals surface area contributed by atoms with Crippen LogP contribution in [0.15, 0.2) is 48.7 Å². The molecule has 1 amide bonds. The van der Waals surface area contributed by atoms with Gasteiger partial charge in [-0.25, -0.2) is 9.37 Å². The zero-order chi connectivity index (χ0) is 41.3. The van der Waals surface area contributed by atoms with Crippen LogP contribution >= 0.6 is 0 Å². The Morgan fingerprint density at radius 3 is 2.66 bits per heavy atom. The molecular weight excluding hydrogens is 752 g/mol. The van der Waals surface area contributed by atoms with E-state index in [9.17, 15) is 14.7 Å². The molecule has 2 saturated carbocycles. The first-order valence-electron chi connectivity index (χ1n) is 20.8. The molecule has 2 bridgehead atoms. The zero-order valence-corrected chi connectivity index (χ0v) is 34.5. The largest absolute Gasteiger partial charge is 0.496 e. The second-order valence-electron chi connectivity index (χ2n) is 17.0. The highest BCUT2D eigenvalue weighted by atomic mass is 19.1. The van der Waals surface area contributed by atoms with Gasteiger partial charge in [-0.15, -0.1) is 0 Å². The number of ether oxygens (including phenoxy) is 3. The Kier molecular flexibility index (Phi) is 11.7. The van der Waals surface area contributed by atoms with Crippen LogP contribution in [0.2, 0.25) is 0 Å². The van der Waals surface area contributed by atoms with Crippen LogP contribution in [0.1, 0.15) is 94.9 Å². The van der Waals surface area contributed by atoms with Crippen LogP contribution in [0.3, 0.4) is 0 Å². The van der Waals surface area contributed by atoms with Gasteiger partial charge < -0.3 is 34.5 Å². The number of fused-ring (bicyclic) bond motifs is 3. The quantitative estimate of drug-likeness (QED) is 0.118. The molecule has 4 aromatic rings. The Hall–Kier alpha value is -4.95. The summed E-state index contributed by atoms with van der Waals surface area (Å²) in [5.74, 6) is 0.122. The SMILES string of the molecule is COc1cc(/C(F)=C/c2cccc(-c3cccc(NC(=O)c4nc5c(n4C)CCN(CCC46CCC(OC=O)(CC4)C6)C5)c3C)c2C)ncc1CN[C@H]1CCOC[C@@H]1O. The van der Waals surface area contributed by atoms with Gasteiger partial charge in [0, 0.05) is 75.0 Å². The van der Waals surface area contributed by atoms with Gasteiger partial charge in [-0.2, -0.15) is 0 Å². The first-order valence-corrected chi connectivity index (χ1v) is 20.8. The number of halogens is 1. The van der Waals surface area contributed by atoms with Crippen molar-refractivity contribution < 1.29 is 33.3 Å². The summed E-state index contributed by atoms with van der Waals surface area (Å²) in [5, 5.41) is 16.7. The molecule has 3 fully saturated rings. The van der Waals surface area contributed by atoms with Crippen LogP contribution in [0.25, 0.3) is 23.0 Å². The third-order valence-electron chi connectivity index (χ3n) is 13.5. The van der Waals surface area contributed by atoms with E-state index < -0.39 is 11.9 Å². The lowest BCUT2D eigenvalue weighted by molar-refractivity contribution is -0.142. The number of aliphatic hydroxyl groups is 1. The number of aromatic nitrogens is 3. The van der Waals surface area contributed by atoms with Crippen molar-refractivity contribution in [3.05, 3.63) is 93.8 Å². The Morgan fingerprint density at radius 2 is 1.90 bits per heavy atom. The van der Waals surface area contributed by atoms with Crippen molar-refractivity contribution in [2.75, 3.05) is 38.7 Å². The van der Waals surface area contributed by atoms with Crippen LogP contribution in [0.4, 0.5) is 10.1 Å². The summed E-state index contributed by atoms with van der Waals surface area (Å²) in [6, 6.07) is 13.1. The van der Waals surface area contributed by atoms with E-state index in [4.69, 9.17) is 19.2 Å². The molecule has 4 aliphatic rings. The van der Waals surface area contributed by atoms with Crippen LogP contribution in [0.5, 0.6) is 5.75 Å². The molecule has 59 heavy (non-hydrogen) atoms. The maximum Gasteiger partial charge on any atom is 0.293 e. The molecule has 13 heteroatoms. The number of methoxy groups -OCH3 is 1. The van der Waals surface area contributed by atoms with E-state index in [2.05, 4.69) is 20.5 Å². The van der Waals surface area contributed by atoms with E-state index in [0.717, 1.165) is 97.2 Å². The lowest BCUT2D eigenvalue weighted by Gasteiger charge is -2.32. The fraction of sp³-hybridized carbons (Fsp3) is 0.478. The molecule has 0 spiro atoms. The molecule has 2 aromatic carbocycles. The number of anilines is 1. The summed E-state index contributed by atoms with van der Waals surface area (Å²) >= 11 is 0. The second kappa shape index (κ2) is 17.0. The van der Waals surface area contributed by atoms with Gasteiger partial charge in [0.1, 0.15) is 22.9 Å². The Morgan fingerprint density at radius 1 is 1.12 bits per heavy atom. The molecule has 1 saturated heterocycles. The minimum atomic E-state index is -0.592. The molecule has 8 rings (SSSR count). The minimum absolute atomic E-state index is 0.104. The molecular formula is C46H55FN6O6. The number of amides is 1. The first-order chi connectivity index (χ1) is 28.5. The summed E-state index contributed by atoms with van der Waals surface area (Å²) < 4.78 is 34.3. The Balaban J connectivity index is 0.935. The van der Waals surface area contributed by atoms with Crippen molar-refractivity contribution in [2.24, 2.45) is 12.5 Å². The average molecular weight is 807 g/mol. The second-order valence-corrected chi connectivity index (χ2v) is 17.0. The van der Waals surface area contributed by atoms with Crippen molar-refractivity contribution in [1.29, 1.82) is 0 Å². The van der Waals surface area contributed by atoms with Gasteiger partial charge in [0.05, 0.1) is 25.5 Å². The first kappa shape index (κ1) is 40.8. The van der Waals surface area contributed by atoms with E-state index in [0.29, 0.717) is 62.0 Å². The summed E-state index contributed by atoms with van der Waals surface area (Å²) in [7, 11) is 3.46. The van der Waals surface area contributed by atoms with E-state index in [-0.39, 0.29) is 28.7 Å². The number of aliphatic hydroxyl groups excluding tert-OH is 1. The van der Waals surface area contributed by atoms with E-state index in [1.165, 1.54) is 6.08 Å². The normalized spacial score (nSPS) is 24.2. The number of rotatable bonds is 14. The van der Waals surface area contributed by atoms with E-state index in [1.54, 1.807) is 19.4 Å². The van der Waals surface area contributed by atoms with Crippen molar-refractivity contribution in [3.63, 3.8) is 0 Å². The highest BCUT2D eigenvalue weighted by molar-refractivity contribution is 6.03. The van der Waals surface area contributed by atoms with E-state index >= 15 is 4.39 Å². The van der Waals surface area contributed by atoms with Crippen molar-refractivity contribution in [3.8, 4) is 16.9 Å². The standard InChI is InChI=1S/C46H55FN6O6/c1-29-31(21-35(47)38-22-42(57-4)32(24-49-38)23-48-37-12-20-58-26-41(37)55)7-5-8-33(29)34-9-6-10-36(30(34)2)51-44(56)43-50-39-25-53(18-11-40(39)52(43)3)19-17-45-13-15-46(27-45,16-14-45)59-28-54/h5-10,21-22,24,28,37,41,48,55H,11-20,23,25-27H2,1-4H3,(H,51,56)/b35-21-/t37-,41-,45?,46?/m0/s1. The number of nitrogens with one attached hydrogen (secondary N) is 2. The Labute approximate surface area is 345 Å². The van der Waals surface area contributed by atoms with Crippen LogP contribution in [-0.2, 0) is 40.8 Å². The highest BCUT2D eigenvalue weighted by Gasteiger charge is 2.55. The highest BCUT2D eigenvalue weighted by Crippen LogP contribution is 2.59. The summed E-state index contributed by atoms with van der Waals surface area (Å²) in [6.07, 6.45) is 10.2. The number of imidazole rings is 1. The van der Waals surface area contributed by atoms with Gasteiger partial charge >= 0.3 is 0 Å². The molecule has 2 aromatic heterocycles. The summed E-state index contributed by atoms with van der Waals surface area (Å²) in [4.78, 5) is 36.7. The van der Waals surface area contributed by atoms with Gasteiger partial charge in [-0.05, 0) is 111 Å². The third kappa shape index (κ3) is 8.30. The monoisotopic (exact) mass is 806 g/mol. The molecule has 2 aliphatic carbocycles. The van der Waals surface area contributed by atoms with Crippen LogP contribution in [-0.4, -0.2) is 88.1 Å². The smallest absolute Gasteiger partial charge is 0.293 e. The molecule has 2 aliphatic heterocycles. The zero-order valence-electron chi connectivity index (χ0n) is 34.5. The Bertz CT molecular complexity index is 2250. The molecule has 4 heterocycles. The number of hydrogen-bond acceptors (Lipinski definition) is 10. The number of pyridine rings is 1. The fourth-order valence-electron chi connectivity index (χ4n) is 9.92. The fourth-order valence-corrected chi connectivity index (χ4v) is 9.92. The minimum Gasteiger partial charge on any atom is -0.496 e. The maximum absolute atomic E-state index is 15.9. The number of hydrogen-bond donors (Lipinski definition) is 3. The van der Waals surface area contributed by atoms with E-state index in [1.807, 2.05) is 61.9 Å². The van der Waals surface area contributed by atoms with Gasteiger partial charge in [0.15, 0.2) is 5.82 Å². The summed E-state index contributed by atoms with van der Waals surface area (Å²) in [5.41, 5.74) is 7.98. The molecule has 312 valence electrons. The molecule has 0 unspecified atom stereocenters. The maximum atomic E-state index is 15.9. The van der Waals surface area contributed by atoms with Gasteiger partial charge in [0.2, 0.25) is 0 Å².